The first-order valence-electron chi connectivity index (χ1n) is 5.42. The molecular formula is C12H14BrN3O2. The minimum absolute atomic E-state index is 0.00780. The van der Waals surface area contributed by atoms with E-state index in [0.29, 0.717) is 6.54 Å². The number of carbonyl (C=O) groups is 1. The number of aliphatic hydroxyl groups excluding tert-OH is 1. The molecule has 0 unspecified atom stereocenters. The van der Waals surface area contributed by atoms with Gasteiger partial charge in [-0.3, -0.25) is 4.79 Å². The van der Waals surface area contributed by atoms with Crippen LogP contribution in [0, 0.1) is 11.3 Å². The van der Waals surface area contributed by atoms with Crippen molar-refractivity contribution in [3.63, 3.8) is 0 Å². The van der Waals surface area contributed by atoms with E-state index >= 15 is 0 Å². The normalized spacial score (nSPS) is 9.61. The third-order valence-corrected chi connectivity index (χ3v) is 2.79. The van der Waals surface area contributed by atoms with Gasteiger partial charge in [0.05, 0.1) is 19.2 Å². The number of nitrogens with zero attached hydrogens (tertiary/aromatic N) is 2. The average molecular weight is 312 g/mol. The molecule has 1 aromatic carbocycles. The first-order valence-corrected chi connectivity index (χ1v) is 6.21. The van der Waals surface area contributed by atoms with Crippen molar-refractivity contribution in [2.24, 2.45) is 0 Å². The van der Waals surface area contributed by atoms with Gasteiger partial charge in [-0.25, -0.2) is 0 Å². The Morgan fingerprint density at radius 1 is 1.44 bits per heavy atom. The summed E-state index contributed by atoms with van der Waals surface area (Å²) in [6.45, 7) is 0.430. The summed E-state index contributed by atoms with van der Waals surface area (Å²) < 4.78 is 0.948. The van der Waals surface area contributed by atoms with E-state index in [1.807, 2.05) is 30.3 Å². The monoisotopic (exact) mass is 311 g/mol. The first-order chi connectivity index (χ1) is 8.67. The number of benzene rings is 1. The van der Waals surface area contributed by atoms with Crippen LogP contribution in [0.2, 0.25) is 0 Å². The van der Waals surface area contributed by atoms with Crippen LogP contribution in [0.5, 0.6) is 0 Å². The lowest BCUT2D eigenvalue weighted by molar-refractivity contribution is -0.119. The van der Waals surface area contributed by atoms with Crippen LogP contribution in [-0.2, 0) is 4.79 Å². The lowest BCUT2D eigenvalue weighted by atomic mass is 10.3. The van der Waals surface area contributed by atoms with Crippen molar-refractivity contribution < 1.29 is 9.90 Å². The molecule has 18 heavy (non-hydrogen) atoms. The van der Waals surface area contributed by atoms with Gasteiger partial charge in [-0.15, -0.1) is 0 Å². The molecule has 0 aromatic heterocycles. The number of hydrogen-bond donors (Lipinski definition) is 2. The molecule has 1 aromatic rings. The van der Waals surface area contributed by atoms with E-state index in [9.17, 15) is 4.79 Å². The van der Waals surface area contributed by atoms with Crippen LogP contribution in [0.1, 0.15) is 0 Å². The molecule has 0 aliphatic carbocycles. The van der Waals surface area contributed by atoms with Crippen molar-refractivity contribution in [3.8, 4) is 6.07 Å². The highest BCUT2D eigenvalue weighted by Crippen LogP contribution is 2.17. The van der Waals surface area contributed by atoms with Gasteiger partial charge >= 0.3 is 0 Å². The lowest BCUT2D eigenvalue weighted by Gasteiger charge is -2.23. The third-order valence-electron chi connectivity index (χ3n) is 2.26. The van der Waals surface area contributed by atoms with Gasteiger partial charge in [-0.2, -0.15) is 5.26 Å². The second-order valence-corrected chi connectivity index (χ2v) is 4.47. The van der Waals surface area contributed by atoms with E-state index in [4.69, 9.17) is 10.4 Å². The molecule has 6 heteroatoms. The van der Waals surface area contributed by atoms with Crippen molar-refractivity contribution in [2.75, 3.05) is 31.1 Å². The maximum Gasteiger partial charge on any atom is 0.240 e. The van der Waals surface area contributed by atoms with Crippen LogP contribution in [-0.4, -0.2) is 37.3 Å². The van der Waals surface area contributed by atoms with Crippen molar-refractivity contribution in [2.45, 2.75) is 0 Å². The number of halogens is 1. The Labute approximate surface area is 114 Å². The van der Waals surface area contributed by atoms with Crippen molar-refractivity contribution in [1.82, 2.24) is 5.32 Å². The minimum Gasteiger partial charge on any atom is -0.395 e. The summed E-state index contributed by atoms with van der Waals surface area (Å²) in [5.74, 6) is -0.243. The van der Waals surface area contributed by atoms with E-state index in [1.54, 1.807) is 4.90 Å². The zero-order chi connectivity index (χ0) is 13.4. The standard InChI is InChI=1S/C12H14BrN3O2/c13-10-1-3-11(4-2-10)16(7-8-17)9-12(18)15-6-5-14/h1-4,17H,6-9H2,(H,15,18). The molecule has 1 rings (SSSR count). The van der Waals surface area contributed by atoms with Crippen LogP contribution in [0.25, 0.3) is 0 Å². The Morgan fingerprint density at radius 2 is 2.11 bits per heavy atom. The Balaban J connectivity index is 2.67. The molecule has 0 bridgehead atoms. The summed E-state index contributed by atoms with van der Waals surface area (Å²) >= 11 is 3.34. The smallest absolute Gasteiger partial charge is 0.240 e. The summed E-state index contributed by atoms with van der Waals surface area (Å²) in [6, 6.07) is 9.30. The summed E-state index contributed by atoms with van der Waals surface area (Å²) in [7, 11) is 0. The number of anilines is 1. The van der Waals surface area contributed by atoms with Crippen LogP contribution < -0.4 is 10.2 Å². The molecule has 0 atom stereocenters. The second-order valence-electron chi connectivity index (χ2n) is 3.56. The van der Waals surface area contributed by atoms with Gasteiger partial charge in [0, 0.05) is 16.7 Å². The molecule has 0 aliphatic heterocycles. The maximum absolute atomic E-state index is 11.5. The highest BCUT2D eigenvalue weighted by Gasteiger charge is 2.10. The van der Waals surface area contributed by atoms with Gasteiger partial charge in [0.25, 0.3) is 0 Å². The number of nitriles is 1. The van der Waals surface area contributed by atoms with Crippen molar-refractivity contribution in [1.29, 1.82) is 5.26 Å². The van der Waals surface area contributed by atoms with Gasteiger partial charge < -0.3 is 15.3 Å². The molecule has 0 heterocycles. The highest BCUT2D eigenvalue weighted by molar-refractivity contribution is 9.10. The van der Waals surface area contributed by atoms with Crippen LogP contribution in [0.3, 0.4) is 0 Å². The molecule has 0 saturated carbocycles. The van der Waals surface area contributed by atoms with Gasteiger partial charge in [-0.1, -0.05) is 15.9 Å². The first kappa shape index (κ1) is 14.5. The predicted molar refractivity (Wildman–Crippen MR) is 72.1 cm³/mol. The van der Waals surface area contributed by atoms with Crippen LogP contribution in [0.15, 0.2) is 28.7 Å². The molecule has 0 fully saturated rings. The van der Waals surface area contributed by atoms with Crippen molar-refractivity contribution >= 4 is 27.5 Å². The molecule has 0 aliphatic rings. The summed E-state index contributed by atoms with van der Waals surface area (Å²) in [5, 5.41) is 19.9. The summed E-state index contributed by atoms with van der Waals surface area (Å²) in [6.07, 6.45) is 0. The molecule has 0 spiro atoms. The fraction of sp³-hybridized carbons (Fsp3) is 0.333. The quantitative estimate of drug-likeness (QED) is 0.765. The fourth-order valence-corrected chi connectivity index (χ4v) is 1.70. The highest BCUT2D eigenvalue weighted by atomic mass is 79.9. The average Bonchev–Trinajstić information content (AvgIpc) is 2.37. The molecule has 5 nitrogen and oxygen atoms in total. The number of amides is 1. The number of carbonyl (C=O) groups excluding carboxylic acids is 1. The SMILES string of the molecule is N#CCNC(=O)CN(CCO)c1ccc(Br)cc1. The van der Waals surface area contributed by atoms with Gasteiger partial charge in [0.15, 0.2) is 0 Å². The number of aliphatic hydroxyl groups is 1. The number of hydrogen-bond acceptors (Lipinski definition) is 4. The van der Waals surface area contributed by atoms with Gasteiger partial charge in [0.1, 0.15) is 6.54 Å². The van der Waals surface area contributed by atoms with E-state index in [1.165, 1.54) is 0 Å². The predicted octanol–water partition coefficient (Wildman–Crippen LogP) is 0.888. The largest absolute Gasteiger partial charge is 0.395 e. The van der Waals surface area contributed by atoms with E-state index in [0.717, 1.165) is 10.2 Å². The summed E-state index contributed by atoms with van der Waals surface area (Å²) in [5.41, 5.74) is 0.847. The summed E-state index contributed by atoms with van der Waals surface area (Å²) in [4.78, 5) is 13.3. The zero-order valence-electron chi connectivity index (χ0n) is 9.77. The molecule has 1 amide bonds. The minimum atomic E-state index is -0.243. The molecular weight excluding hydrogens is 298 g/mol. The second kappa shape index (κ2) is 7.69. The van der Waals surface area contributed by atoms with Crippen LogP contribution in [0.4, 0.5) is 5.69 Å². The van der Waals surface area contributed by atoms with Gasteiger partial charge in [0.2, 0.25) is 5.91 Å². The van der Waals surface area contributed by atoms with E-state index in [2.05, 4.69) is 21.2 Å². The maximum atomic E-state index is 11.5. The van der Waals surface area contributed by atoms with Gasteiger partial charge in [-0.05, 0) is 24.3 Å². The topological polar surface area (TPSA) is 76.4 Å². The number of nitrogens with one attached hydrogen (secondary N) is 1. The Hall–Kier alpha value is -1.58. The lowest BCUT2D eigenvalue weighted by Crippen LogP contribution is -2.38. The Bertz CT molecular complexity index is 428. The third kappa shape index (κ3) is 4.73. The molecule has 0 radical (unpaired) electrons. The van der Waals surface area contributed by atoms with Crippen molar-refractivity contribution in [3.05, 3.63) is 28.7 Å². The van der Waals surface area contributed by atoms with E-state index < -0.39 is 0 Å². The Morgan fingerprint density at radius 3 is 2.67 bits per heavy atom. The molecule has 96 valence electrons. The molecule has 2 N–H and O–H groups in total. The molecule has 0 saturated heterocycles. The number of rotatable bonds is 6. The zero-order valence-corrected chi connectivity index (χ0v) is 11.4. The van der Waals surface area contributed by atoms with Crippen LogP contribution >= 0.6 is 15.9 Å². The van der Waals surface area contributed by atoms with E-state index in [-0.39, 0.29) is 25.6 Å². The Kier molecular flexibility index (Phi) is 6.19. The fourth-order valence-electron chi connectivity index (χ4n) is 1.44.